The van der Waals surface area contributed by atoms with Crippen molar-refractivity contribution in [3.8, 4) is 5.75 Å². The Kier molecular flexibility index (Phi) is 7.92. The molecule has 0 aliphatic heterocycles. The number of aromatic nitrogens is 2. The molecule has 4 rings (SSSR count). The van der Waals surface area contributed by atoms with Crippen molar-refractivity contribution >= 4 is 76.5 Å². The first-order chi connectivity index (χ1) is 16.2. The van der Waals surface area contributed by atoms with Crippen molar-refractivity contribution in [3.63, 3.8) is 0 Å². The Morgan fingerprint density at radius 2 is 1.79 bits per heavy atom. The van der Waals surface area contributed by atoms with Gasteiger partial charge in [-0.2, -0.15) is 9.78 Å². The predicted octanol–water partition coefficient (Wildman–Crippen LogP) is 7.92. The number of benzene rings is 3. The molecule has 1 heterocycles. The first-order valence-corrected chi connectivity index (χ1v) is 13.1. The number of hydrogen-bond acceptors (Lipinski definition) is 4. The second-order valence-corrected chi connectivity index (χ2v) is 10.9. The van der Waals surface area contributed by atoms with Gasteiger partial charge >= 0.3 is 0 Å². The monoisotopic (exact) mass is 665 g/mol. The minimum atomic E-state index is -0.218. The largest absolute Gasteiger partial charge is 0.486 e. The predicted molar refractivity (Wildman–Crippen MR) is 148 cm³/mol. The molecular formula is C25H19Br3ClN3O2. The van der Waals surface area contributed by atoms with Crippen molar-refractivity contribution in [2.24, 2.45) is 5.10 Å². The molecule has 34 heavy (non-hydrogen) atoms. The standard InChI is InChI=1S/C25H19Br3ClN3O2/c1-14(2)24-31-22-8-7-17(26)11-18(22)25(33)32(24)30-12-15-9-19(27)23(20(28)10-15)34-13-16-5-3-4-6-21(16)29/h3-12,14H,13H2,1-2H3. The van der Waals surface area contributed by atoms with Gasteiger partial charge in [-0.1, -0.05) is 59.6 Å². The van der Waals surface area contributed by atoms with Crippen LogP contribution in [0.3, 0.4) is 0 Å². The smallest absolute Gasteiger partial charge is 0.282 e. The quantitative estimate of drug-likeness (QED) is 0.196. The summed E-state index contributed by atoms with van der Waals surface area (Å²) in [7, 11) is 0. The molecule has 5 nitrogen and oxygen atoms in total. The van der Waals surface area contributed by atoms with Crippen LogP contribution in [0.2, 0.25) is 5.02 Å². The summed E-state index contributed by atoms with van der Waals surface area (Å²) in [5, 5.41) is 5.65. The fourth-order valence-corrected chi connectivity index (χ4v) is 5.34. The molecule has 0 aliphatic rings. The van der Waals surface area contributed by atoms with Gasteiger partial charge in [0.2, 0.25) is 0 Å². The third-order valence-electron chi connectivity index (χ3n) is 5.02. The molecule has 0 fully saturated rings. The van der Waals surface area contributed by atoms with E-state index in [4.69, 9.17) is 16.3 Å². The van der Waals surface area contributed by atoms with Crippen molar-refractivity contribution in [1.82, 2.24) is 9.66 Å². The average Bonchev–Trinajstić information content (AvgIpc) is 2.79. The minimum Gasteiger partial charge on any atom is -0.486 e. The zero-order chi connectivity index (χ0) is 24.4. The number of halogens is 4. The molecule has 0 radical (unpaired) electrons. The van der Waals surface area contributed by atoms with E-state index in [0.29, 0.717) is 34.1 Å². The molecule has 174 valence electrons. The number of ether oxygens (including phenoxy) is 1. The summed E-state index contributed by atoms with van der Waals surface area (Å²) in [6.45, 7) is 4.29. The third-order valence-corrected chi connectivity index (χ3v) is 7.06. The Balaban J connectivity index is 1.66. The summed E-state index contributed by atoms with van der Waals surface area (Å²) in [4.78, 5) is 17.9. The molecule has 0 saturated carbocycles. The molecule has 0 N–H and O–H groups in total. The van der Waals surface area contributed by atoms with Crippen LogP contribution in [-0.4, -0.2) is 15.9 Å². The van der Waals surface area contributed by atoms with Gasteiger partial charge in [0.15, 0.2) is 0 Å². The van der Waals surface area contributed by atoms with Crippen LogP contribution in [0, 0.1) is 0 Å². The first kappa shape index (κ1) is 25.1. The highest BCUT2D eigenvalue weighted by Crippen LogP contribution is 2.35. The van der Waals surface area contributed by atoms with Gasteiger partial charge in [-0.15, -0.1) is 0 Å². The molecule has 0 saturated heterocycles. The Labute approximate surface area is 227 Å². The highest BCUT2D eigenvalue weighted by atomic mass is 79.9. The van der Waals surface area contributed by atoms with Crippen molar-refractivity contribution in [2.45, 2.75) is 26.4 Å². The Morgan fingerprint density at radius 1 is 1.09 bits per heavy atom. The second kappa shape index (κ2) is 10.7. The number of rotatable bonds is 6. The number of nitrogens with zero attached hydrogens (tertiary/aromatic N) is 3. The molecule has 0 unspecified atom stereocenters. The van der Waals surface area contributed by atoms with E-state index in [9.17, 15) is 4.79 Å². The van der Waals surface area contributed by atoms with Crippen LogP contribution in [0.1, 0.15) is 36.7 Å². The van der Waals surface area contributed by atoms with Gasteiger partial charge in [0.25, 0.3) is 5.56 Å². The van der Waals surface area contributed by atoms with Gasteiger partial charge in [0.05, 0.1) is 26.1 Å². The zero-order valence-electron chi connectivity index (χ0n) is 18.2. The maximum Gasteiger partial charge on any atom is 0.282 e. The van der Waals surface area contributed by atoms with Crippen LogP contribution in [0.5, 0.6) is 5.75 Å². The first-order valence-electron chi connectivity index (χ1n) is 10.4. The van der Waals surface area contributed by atoms with E-state index in [1.165, 1.54) is 4.68 Å². The lowest BCUT2D eigenvalue weighted by molar-refractivity contribution is 0.302. The summed E-state index contributed by atoms with van der Waals surface area (Å²) in [5.74, 6) is 1.25. The molecule has 3 aromatic carbocycles. The number of fused-ring (bicyclic) bond motifs is 1. The van der Waals surface area contributed by atoms with Gasteiger partial charge in [-0.25, -0.2) is 4.98 Å². The van der Waals surface area contributed by atoms with Crippen LogP contribution in [-0.2, 0) is 6.61 Å². The van der Waals surface area contributed by atoms with E-state index in [1.54, 1.807) is 12.3 Å². The van der Waals surface area contributed by atoms with Crippen LogP contribution in [0.15, 0.2) is 77.9 Å². The second-order valence-electron chi connectivity index (χ2n) is 7.84. The normalized spacial score (nSPS) is 11.6. The van der Waals surface area contributed by atoms with Crippen LogP contribution in [0.4, 0.5) is 0 Å². The van der Waals surface area contributed by atoms with E-state index in [-0.39, 0.29) is 11.5 Å². The van der Waals surface area contributed by atoms with Gasteiger partial charge < -0.3 is 4.74 Å². The lowest BCUT2D eigenvalue weighted by Crippen LogP contribution is -2.23. The topological polar surface area (TPSA) is 56.5 Å². The molecule has 0 amide bonds. The Morgan fingerprint density at radius 3 is 2.47 bits per heavy atom. The molecular weight excluding hydrogens is 649 g/mol. The van der Waals surface area contributed by atoms with Crippen molar-refractivity contribution < 1.29 is 4.74 Å². The van der Waals surface area contributed by atoms with Crippen molar-refractivity contribution in [1.29, 1.82) is 0 Å². The summed E-state index contributed by atoms with van der Waals surface area (Å²) >= 11 is 16.8. The lowest BCUT2D eigenvalue weighted by atomic mass is 10.2. The maximum absolute atomic E-state index is 13.2. The molecule has 0 spiro atoms. The third kappa shape index (κ3) is 5.46. The van der Waals surface area contributed by atoms with E-state index >= 15 is 0 Å². The van der Waals surface area contributed by atoms with Gasteiger partial charge in [0, 0.05) is 21.0 Å². The van der Waals surface area contributed by atoms with Crippen LogP contribution >= 0.6 is 59.4 Å². The molecule has 1 aromatic heterocycles. The van der Waals surface area contributed by atoms with Gasteiger partial charge in [0.1, 0.15) is 18.2 Å². The summed E-state index contributed by atoms with van der Waals surface area (Å²) in [5.41, 5.74) is 2.10. The zero-order valence-corrected chi connectivity index (χ0v) is 23.7. The molecule has 4 aromatic rings. The fraction of sp³-hybridized carbons (Fsp3) is 0.160. The Bertz CT molecular complexity index is 1440. The van der Waals surface area contributed by atoms with Crippen molar-refractivity contribution in [3.05, 3.63) is 100 Å². The van der Waals surface area contributed by atoms with Gasteiger partial charge in [-0.3, -0.25) is 4.79 Å². The molecule has 0 bridgehead atoms. The summed E-state index contributed by atoms with van der Waals surface area (Å²) in [6.07, 6.45) is 1.63. The lowest BCUT2D eigenvalue weighted by Gasteiger charge is -2.13. The Hall–Kier alpha value is -2.00. The van der Waals surface area contributed by atoms with E-state index < -0.39 is 0 Å². The van der Waals surface area contributed by atoms with Gasteiger partial charge in [-0.05, 0) is 73.8 Å². The summed E-state index contributed by atoms with van der Waals surface area (Å²) in [6, 6.07) is 16.8. The number of hydrogen-bond donors (Lipinski definition) is 0. The van der Waals surface area contributed by atoms with E-state index in [2.05, 4.69) is 57.9 Å². The minimum absolute atomic E-state index is 0.0111. The highest BCUT2D eigenvalue weighted by molar-refractivity contribution is 9.11. The van der Waals surface area contributed by atoms with Crippen LogP contribution < -0.4 is 10.3 Å². The van der Waals surface area contributed by atoms with E-state index in [1.807, 2.05) is 62.4 Å². The highest BCUT2D eigenvalue weighted by Gasteiger charge is 2.14. The SMILES string of the molecule is CC(C)c1nc2ccc(Br)cc2c(=O)n1N=Cc1cc(Br)c(OCc2ccccc2Cl)c(Br)c1. The van der Waals surface area contributed by atoms with Crippen molar-refractivity contribution in [2.75, 3.05) is 0 Å². The maximum atomic E-state index is 13.2. The van der Waals surface area contributed by atoms with E-state index in [0.717, 1.165) is 24.5 Å². The average molecular weight is 669 g/mol. The van der Waals surface area contributed by atoms with Crippen LogP contribution in [0.25, 0.3) is 10.9 Å². The summed E-state index contributed by atoms with van der Waals surface area (Å²) < 4.78 is 9.65. The molecule has 0 aliphatic carbocycles. The molecule has 0 atom stereocenters. The fourth-order valence-electron chi connectivity index (χ4n) is 3.33. The molecule has 9 heteroatoms.